The molecule has 0 radical (unpaired) electrons. The van der Waals surface area contributed by atoms with Crippen LogP contribution in [0.3, 0.4) is 0 Å². The van der Waals surface area contributed by atoms with Crippen LogP contribution in [-0.2, 0) is 4.79 Å². The summed E-state index contributed by atoms with van der Waals surface area (Å²) in [6.45, 7) is 6.13. The molecular formula is C25H31N5O2. The van der Waals surface area contributed by atoms with Gasteiger partial charge in [-0.15, -0.1) is 0 Å². The van der Waals surface area contributed by atoms with E-state index in [4.69, 9.17) is 4.98 Å². The SMILES string of the molecule is CC(C)n1ncc2c(C(=O)NCCCN3CCCCCC3=O)cc(-c3ccccc3)nc21. The molecule has 1 aromatic carbocycles. The van der Waals surface area contributed by atoms with Crippen molar-refractivity contribution < 1.29 is 9.59 Å². The van der Waals surface area contributed by atoms with Crippen LogP contribution in [0.2, 0.25) is 0 Å². The van der Waals surface area contributed by atoms with Crippen LogP contribution in [-0.4, -0.2) is 51.1 Å². The van der Waals surface area contributed by atoms with Gasteiger partial charge in [0.1, 0.15) is 0 Å². The Bertz CT molecular complexity index is 1090. The molecule has 0 spiro atoms. The van der Waals surface area contributed by atoms with Gasteiger partial charge < -0.3 is 10.2 Å². The van der Waals surface area contributed by atoms with Crippen LogP contribution in [0.25, 0.3) is 22.3 Å². The van der Waals surface area contributed by atoms with Gasteiger partial charge in [0, 0.05) is 37.7 Å². The standard InChI is InChI=1S/C25H31N5O2/c1-18(2)30-24-21(17-27-30)20(16-22(28-24)19-10-5-3-6-11-19)25(32)26-13-9-15-29-14-8-4-7-12-23(29)31/h3,5-6,10-11,16-18H,4,7-9,12-15H2,1-2H3,(H,26,32). The second-order valence-corrected chi connectivity index (χ2v) is 8.64. The summed E-state index contributed by atoms with van der Waals surface area (Å²) in [6.07, 6.45) is 6.27. The molecule has 4 rings (SSSR count). The fourth-order valence-electron chi connectivity index (χ4n) is 4.18. The number of hydrogen-bond donors (Lipinski definition) is 1. The molecule has 0 unspecified atom stereocenters. The lowest BCUT2D eigenvalue weighted by atomic mass is 10.1. The quantitative estimate of drug-likeness (QED) is 0.566. The maximum Gasteiger partial charge on any atom is 0.252 e. The van der Waals surface area contributed by atoms with Crippen molar-refractivity contribution in [2.45, 2.75) is 52.0 Å². The van der Waals surface area contributed by atoms with Gasteiger partial charge in [-0.05, 0) is 39.2 Å². The van der Waals surface area contributed by atoms with E-state index in [0.29, 0.717) is 30.7 Å². The molecule has 7 heteroatoms. The highest BCUT2D eigenvalue weighted by Gasteiger charge is 2.19. The van der Waals surface area contributed by atoms with Gasteiger partial charge in [0.2, 0.25) is 5.91 Å². The fraction of sp³-hybridized carbons (Fsp3) is 0.440. The molecule has 1 aliphatic heterocycles. The third kappa shape index (κ3) is 4.82. The molecule has 168 valence electrons. The molecule has 0 saturated carbocycles. The molecule has 2 aromatic heterocycles. The van der Waals surface area contributed by atoms with Crippen molar-refractivity contribution in [3.8, 4) is 11.3 Å². The number of pyridine rings is 1. The van der Waals surface area contributed by atoms with Crippen LogP contribution in [0.5, 0.6) is 0 Å². The summed E-state index contributed by atoms with van der Waals surface area (Å²) in [7, 11) is 0. The van der Waals surface area contributed by atoms with Gasteiger partial charge in [0.15, 0.2) is 5.65 Å². The van der Waals surface area contributed by atoms with E-state index in [9.17, 15) is 9.59 Å². The van der Waals surface area contributed by atoms with E-state index in [1.807, 2.05) is 59.8 Å². The smallest absolute Gasteiger partial charge is 0.252 e. The number of fused-ring (bicyclic) bond motifs is 1. The lowest BCUT2D eigenvalue weighted by Crippen LogP contribution is -2.34. The summed E-state index contributed by atoms with van der Waals surface area (Å²) in [5.41, 5.74) is 2.99. The van der Waals surface area contributed by atoms with Crippen molar-refractivity contribution in [2.75, 3.05) is 19.6 Å². The van der Waals surface area contributed by atoms with Crippen molar-refractivity contribution in [2.24, 2.45) is 0 Å². The van der Waals surface area contributed by atoms with Crippen molar-refractivity contribution in [1.29, 1.82) is 0 Å². The lowest BCUT2D eigenvalue weighted by Gasteiger charge is -2.20. The Balaban J connectivity index is 1.52. The summed E-state index contributed by atoms with van der Waals surface area (Å²) < 4.78 is 1.85. The second kappa shape index (κ2) is 9.94. The average Bonchev–Trinajstić information content (AvgIpc) is 3.13. The molecule has 1 N–H and O–H groups in total. The Hall–Kier alpha value is -3.22. The Morgan fingerprint density at radius 2 is 1.97 bits per heavy atom. The van der Waals surface area contributed by atoms with Crippen molar-refractivity contribution in [3.05, 3.63) is 48.2 Å². The lowest BCUT2D eigenvalue weighted by molar-refractivity contribution is -0.130. The zero-order chi connectivity index (χ0) is 22.5. The maximum absolute atomic E-state index is 13.1. The molecule has 7 nitrogen and oxygen atoms in total. The van der Waals surface area contributed by atoms with Gasteiger partial charge in [-0.25, -0.2) is 9.67 Å². The van der Waals surface area contributed by atoms with Gasteiger partial charge >= 0.3 is 0 Å². The van der Waals surface area contributed by atoms with Gasteiger partial charge in [0.25, 0.3) is 5.91 Å². The third-order valence-electron chi connectivity index (χ3n) is 5.93. The molecule has 2 amide bonds. The predicted molar refractivity (Wildman–Crippen MR) is 125 cm³/mol. The molecule has 3 heterocycles. The van der Waals surface area contributed by atoms with Crippen LogP contribution in [0.4, 0.5) is 0 Å². The van der Waals surface area contributed by atoms with Crippen LogP contribution in [0.15, 0.2) is 42.6 Å². The molecule has 0 bridgehead atoms. The van der Waals surface area contributed by atoms with Crippen LogP contribution in [0, 0.1) is 0 Å². The van der Waals surface area contributed by atoms with E-state index in [0.717, 1.165) is 48.9 Å². The Kier molecular flexibility index (Phi) is 6.83. The monoisotopic (exact) mass is 433 g/mol. The van der Waals surface area contributed by atoms with Crippen molar-refractivity contribution in [1.82, 2.24) is 25.0 Å². The normalized spacial score (nSPS) is 14.7. The number of carbonyl (C=O) groups excluding carboxylic acids is 2. The van der Waals surface area contributed by atoms with E-state index >= 15 is 0 Å². The van der Waals surface area contributed by atoms with Gasteiger partial charge in [-0.1, -0.05) is 36.8 Å². The first kappa shape index (κ1) is 22.0. The minimum atomic E-state index is -0.139. The van der Waals surface area contributed by atoms with Gasteiger partial charge in [-0.2, -0.15) is 5.10 Å². The van der Waals surface area contributed by atoms with E-state index in [1.165, 1.54) is 0 Å². The number of amides is 2. The molecule has 32 heavy (non-hydrogen) atoms. The molecule has 1 saturated heterocycles. The molecule has 3 aromatic rings. The molecule has 1 fully saturated rings. The maximum atomic E-state index is 13.1. The van der Waals surface area contributed by atoms with Crippen molar-refractivity contribution >= 4 is 22.8 Å². The molecule has 1 aliphatic rings. The number of aromatic nitrogens is 3. The summed E-state index contributed by atoms with van der Waals surface area (Å²) in [5, 5.41) is 8.26. The van der Waals surface area contributed by atoms with E-state index in [1.54, 1.807) is 6.20 Å². The Morgan fingerprint density at radius 3 is 2.75 bits per heavy atom. The first-order valence-electron chi connectivity index (χ1n) is 11.5. The zero-order valence-electron chi connectivity index (χ0n) is 18.9. The van der Waals surface area contributed by atoms with Crippen LogP contribution >= 0.6 is 0 Å². The van der Waals surface area contributed by atoms with E-state index in [2.05, 4.69) is 10.4 Å². The largest absolute Gasteiger partial charge is 0.352 e. The summed E-state index contributed by atoms with van der Waals surface area (Å²) in [6, 6.07) is 11.8. The first-order chi connectivity index (χ1) is 15.5. The second-order valence-electron chi connectivity index (χ2n) is 8.64. The number of likely N-dealkylation sites (tertiary alicyclic amines) is 1. The van der Waals surface area contributed by atoms with E-state index in [-0.39, 0.29) is 17.9 Å². The van der Waals surface area contributed by atoms with Crippen LogP contribution in [0.1, 0.15) is 62.4 Å². The summed E-state index contributed by atoms with van der Waals surface area (Å²) in [4.78, 5) is 32.1. The van der Waals surface area contributed by atoms with Crippen molar-refractivity contribution in [3.63, 3.8) is 0 Å². The van der Waals surface area contributed by atoms with Gasteiger partial charge in [-0.3, -0.25) is 9.59 Å². The fourth-order valence-corrected chi connectivity index (χ4v) is 4.18. The van der Waals surface area contributed by atoms with E-state index < -0.39 is 0 Å². The minimum Gasteiger partial charge on any atom is -0.352 e. The number of hydrogen-bond acceptors (Lipinski definition) is 4. The molecule has 0 aliphatic carbocycles. The highest BCUT2D eigenvalue weighted by atomic mass is 16.2. The summed E-state index contributed by atoms with van der Waals surface area (Å²) >= 11 is 0. The molecule has 0 atom stereocenters. The Labute approximate surface area is 188 Å². The van der Waals surface area contributed by atoms with Gasteiger partial charge in [0.05, 0.1) is 22.8 Å². The first-order valence-corrected chi connectivity index (χ1v) is 11.5. The number of rotatable bonds is 7. The number of nitrogens with one attached hydrogen (secondary N) is 1. The Morgan fingerprint density at radius 1 is 1.16 bits per heavy atom. The molecular weight excluding hydrogens is 402 g/mol. The van der Waals surface area contributed by atoms with Crippen LogP contribution < -0.4 is 5.32 Å². The number of nitrogens with zero attached hydrogens (tertiary/aromatic N) is 4. The minimum absolute atomic E-state index is 0.132. The average molecular weight is 434 g/mol. The zero-order valence-corrected chi connectivity index (χ0v) is 18.9. The third-order valence-corrected chi connectivity index (χ3v) is 5.93. The highest BCUT2D eigenvalue weighted by molar-refractivity contribution is 6.06. The number of carbonyl (C=O) groups is 2. The topological polar surface area (TPSA) is 80.1 Å². The highest BCUT2D eigenvalue weighted by Crippen LogP contribution is 2.26. The summed E-state index contributed by atoms with van der Waals surface area (Å²) in [5.74, 6) is 0.0957. The number of benzene rings is 1. The predicted octanol–water partition coefficient (Wildman–Crippen LogP) is 4.20.